The molecule has 1 aromatic carbocycles. The van der Waals surface area contributed by atoms with Gasteiger partial charge in [-0.05, 0) is 44.0 Å². The summed E-state index contributed by atoms with van der Waals surface area (Å²) >= 11 is 1.49. The van der Waals surface area contributed by atoms with Crippen LogP contribution in [0.5, 0.6) is 5.75 Å². The molecule has 0 radical (unpaired) electrons. The van der Waals surface area contributed by atoms with Crippen LogP contribution in [0.4, 0.5) is 0 Å². The number of carbonyl (C=O) groups excluding carboxylic acids is 1. The molecule has 6 nitrogen and oxygen atoms in total. The van der Waals surface area contributed by atoms with Gasteiger partial charge in [0.05, 0.1) is 12.5 Å². The lowest BCUT2D eigenvalue weighted by molar-refractivity contribution is -0.120. The molecule has 0 saturated carbocycles. The van der Waals surface area contributed by atoms with Crippen LogP contribution in [0, 0.1) is 13.8 Å². The molecule has 0 saturated heterocycles. The second-order valence-electron chi connectivity index (χ2n) is 7.28. The van der Waals surface area contributed by atoms with E-state index in [1.165, 1.54) is 15.9 Å². The van der Waals surface area contributed by atoms with E-state index in [0.29, 0.717) is 16.0 Å². The third-order valence-corrected chi connectivity index (χ3v) is 5.96. The Balaban J connectivity index is 2.39. The largest absolute Gasteiger partial charge is 0.496 e. The Morgan fingerprint density at radius 1 is 1.25 bits per heavy atom. The van der Waals surface area contributed by atoms with Gasteiger partial charge in [0.2, 0.25) is 5.91 Å². The van der Waals surface area contributed by atoms with Crippen LogP contribution in [0.1, 0.15) is 49.0 Å². The van der Waals surface area contributed by atoms with Crippen LogP contribution in [0.2, 0.25) is 0 Å². The van der Waals surface area contributed by atoms with E-state index in [9.17, 15) is 9.59 Å². The van der Waals surface area contributed by atoms with Crippen molar-refractivity contribution in [1.29, 1.82) is 0 Å². The Morgan fingerprint density at radius 3 is 2.46 bits per heavy atom. The molecule has 2 aromatic heterocycles. The minimum Gasteiger partial charge on any atom is -0.496 e. The maximum absolute atomic E-state index is 13.5. The first-order chi connectivity index (χ1) is 13.2. The summed E-state index contributed by atoms with van der Waals surface area (Å²) in [6.07, 6.45) is 0. The van der Waals surface area contributed by atoms with Gasteiger partial charge in [0, 0.05) is 16.4 Å². The van der Waals surface area contributed by atoms with E-state index in [-0.39, 0.29) is 11.5 Å². The second-order valence-corrected chi connectivity index (χ2v) is 8.48. The molecule has 1 amide bonds. The quantitative estimate of drug-likeness (QED) is 0.704. The van der Waals surface area contributed by atoms with Gasteiger partial charge in [-0.3, -0.25) is 14.2 Å². The fourth-order valence-corrected chi connectivity index (χ4v) is 4.52. The van der Waals surface area contributed by atoms with Gasteiger partial charge in [-0.25, -0.2) is 4.98 Å². The zero-order valence-electron chi connectivity index (χ0n) is 17.0. The van der Waals surface area contributed by atoms with Gasteiger partial charge in [-0.2, -0.15) is 0 Å². The summed E-state index contributed by atoms with van der Waals surface area (Å²) in [5.74, 6) is 0.787. The van der Waals surface area contributed by atoms with Gasteiger partial charge in [0.25, 0.3) is 5.56 Å². The molecular formula is C21H25N3O3S. The highest BCUT2D eigenvalue weighted by molar-refractivity contribution is 7.19. The SMILES string of the molecule is COc1ccc(-c2c(C)sc3nc(C(C)C)n(C(C)C(N)=O)c(=O)c23)cc1C. The maximum Gasteiger partial charge on any atom is 0.263 e. The Morgan fingerprint density at radius 2 is 1.93 bits per heavy atom. The number of hydrogen-bond acceptors (Lipinski definition) is 5. The molecule has 0 aliphatic heterocycles. The number of nitrogens with zero attached hydrogens (tertiary/aromatic N) is 2. The standard InChI is InChI=1S/C21H25N3O3S/c1-10(2)19-23-20-17(21(26)24(19)12(4)18(22)25)16(13(5)28-20)14-7-8-15(27-6)11(3)9-14/h7-10,12H,1-6H3,(H2,22,25). The van der Waals surface area contributed by atoms with Crippen LogP contribution in [-0.2, 0) is 4.79 Å². The van der Waals surface area contributed by atoms with Crippen molar-refractivity contribution in [3.05, 3.63) is 44.8 Å². The van der Waals surface area contributed by atoms with E-state index in [2.05, 4.69) is 0 Å². The molecular weight excluding hydrogens is 374 g/mol. The van der Waals surface area contributed by atoms with E-state index < -0.39 is 11.9 Å². The van der Waals surface area contributed by atoms with Crippen LogP contribution in [0.25, 0.3) is 21.3 Å². The molecule has 7 heteroatoms. The summed E-state index contributed by atoms with van der Waals surface area (Å²) in [7, 11) is 1.63. The monoisotopic (exact) mass is 399 g/mol. The van der Waals surface area contributed by atoms with E-state index in [4.69, 9.17) is 15.5 Å². The topological polar surface area (TPSA) is 87.2 Å². The fourth-order valence-electron chi connectivity index (χ4n) is 3.48. The first kappa shape index (κ1) is 20.1. The zero-order chi connectivity index (χ0) is 20.7. The number of benzene rings is 1. The summed E-state index contributed by atoms with van der Waals surface area (Å²) < 4.78 is 6.80. The van der Waals surface area contributed by atoms with Gasteiger partial charge in [-0.1, -0.05) is 19.9 Å². The number of ether oxygens (including phenoxy) is 1. The van der Waals surface area contributed by atoms with Crippen LogP contribution in [0.3, 0.4) is 0 Å². The van der Waals surface area contributed by atoms with E-state index in [0.717, 1.165) is 27.3 Å². The molecule has 3 aromatic rings. The highest BCUT2D eigenvalue weighted by Gasteiger charge is 2.25. The summed E-state index contributed by atoms with van der Waals surface area (Å²) in [4.78, 5) is 31.8. The van der Waals surface area contributed by atoms with Crippen LogP contribution in [-0.4, -0.2) is 22.6 Å². The molecule has 2 heterocycles. The number of aromatic nitrogens is 2. The Labute approximate surface area is 168 Å². The predicted molar refractivity (Wildman–Crippen MR) is 113 cm³/mol. The molecule has 0 fully saturated rings. The van der Waals surface area contributed by atoms with Crippen LogP contribution < -0.4 is 16.0 Å². The van der Waals surface area contributed by atoms with Crippen molar-refractivity contribution >= 4 is 27.5 Å². The van der Waals surface area contributed by atoms with E-state index >= 15 is 0 Å². The number of rotatable bonds is 5. The van der Waals surface area contributed by atoms with Crippen molar-refractivity contribution in [2.24, 2.45) is 5.73 Å². The molecule has 148 valence electrons. The van der Waals surface area contributed by atoms with Crippen LogP contribution in [0.15, 0.2) is 23.0 Å². The minimum absolute atomic E-state index is 0.0204. The number of amides is 1. The molecule has 0 spiro atoms. The lowest BCUT2D eigenvalue weighted by Crippen LogP contribution is -2.35. The smallest absolute Gasteiger partial charge is 0.263 e. The summed E-state index contributed by atoms with van der Waals surface area (Å²) in [5, 5.41) is 0.532. The van der Waals surface area contributed by atoms with E-state index in [1.54, 1.807) is 14.0 Å². The average molecular weight is 400 g/mol. The van der Waals surface area contributed by atoms with Gasteiger partial charge in [0.1, 0.15) is 22.4 Å². The highest BCUT2D eigenvalue weighted by atomic mass is 32.1. The lowest BCUT2D eigenvalue weighted by atomic mass is 10.0. The number of hydrogen-bond donors (Lipinski definition) is 1. The van der Waals surface area contributed by atoms with Crippen LogP contribution >= 0.6 is 11.3 Å². The Hall–Kier alpha value is -2.67. The molecule has 28 heavy (non-hydrogen) atoms. The molecule has 1 atom stereocenters. The number of thiophene rings is 1. The van der Waals surface area contributed by atoms with Gasteiger partial charge in [-0.15, -0.1) is 11.3 Å². The fraction of sp³-hybridized carbons (Fsp3) is 0.381. The molecule has 0 bridgehead atoms. The molecule has 0 aliphatic carbocycles. The first-order valence-corrected chi connectivity index (χ1v) is 9.98. The lowest BCUT2D eigenvalue weighted by Gasteiger charge is -2.19. The highest BCUT2D eigenvalue weighted by Crippen LogP contribution is 2.38. The normalized spacial score (nSPS) is 12.5. The minimum atomic E-state index is -0.771. The molecule has 0 aliphatic rings. The van der Waals surface area contributed by atoms with Gasteiger partial charge in [0.15, 0.2) is 0 Å². The van der Waals surface area contributed by atoms with Crippen molar-refractivity contribution in [3.63, 3.8) is 0 Å². The average Bonchev–Trinajstić information content (AvgIpc) is 2.97. The second kappa shape index (κ2) is 7.39. The third kappa shape index (κ3) is 3.20. The van der Waals surface area contributed by atoms with E-state index in [1.807, 2.05) is 45.9 Å². The molecule has 3 rings (SSSR count). The number of carbonyl (C=O) groups is 1. The molecule has 1 unspecified atom stereocenters. The Bertz CT molecular complexity index is 1130. The third-order valence-electron chi connectivity index (χ3n) is 4.96. The molecule has 2 N–H and O–H groups in total. The van der Waals surface area contributed by atoms with Crippen molar-refractivity contribution in [3.8, 4) is 16.9 Å². The number of fused-ring (bicyclic) bond motifs is 1. The zero-order valence-corrected chi connectivity index (χ0v) is 17.8. The number of aryl methyl sites for hydroxylation is 2. The summed E-state index contributed by atoms with van der Waals surface area (Å²) in [6, 6.07) is 5.07. The van der Waals surface area contributed by atoms with Crippen molar-refractivity contribution < 1.29 is 9.53 Å². The number of nitrogens with two attached hydrogens (primary N) is 1. The van der Waals surface area contributed by atoms with Gasteiger partial charge >= 0.3 is 0 Å². The van der Waals surface area contributed by atoms with Crippen molar-refractivity contribution in [2.45, 2.75) is 46.6 Å². The Kier molecular flexibility index (Phi) is 5.30. The van der Waals surface area contributed by atoms with Crippen molar-refractivity contribution in [1.82, 2.24) is 9.55 Å². The number of methoxy groups -OCH3 is 1. The van der Waals surface area contributed by atoms with Crippen molar-refractivity contribution in [2.75, 3.05) is 7.11 Å². The first-order valence-electron chi connectivity index (χ1n) is 9.17. The van der Waals surface area contributed by atoms with Gasteiger partial charge < -0.3 is 10.5 Å². The summed E-state index contributed by atoms with van der Waals surface area (Å²) in [6.45, 7) is 9.49. The number of primary amides is 1. The predicted octanol–water partition coefficient (Wildman–Crippen LogP) is 3.92. The summed E-state index contributed by atoms with van der Waals surface area (Å²) in [5.41, 5.74) is 8.05. The maximum atomic E-state index is 13.5.